The first-order valence-electron chi connectivity index (χ1n) is 8.03. The minimum absolute atomic E-state index is 0.0819. The normalized spacial score (nSPS) is 10.4. The van der Waals surface area contributed by atoms with Crippen LogP contribution in [0.4, 0.5) is 11.4 Å². The largest absolute Gasteiger partial charge is 0.493 e. The van der Waals surface area contributed by atoms with Crippen LogP contribution in [0.25, 0.3) is 11.0 Å². The Balaban J connectivity index is 1.74. The number of aromatic nitrogens is 2. The molecule has 3 aromatic rings. The third-order valence-corrected chi connectivity index (χ3v) is 4.36. The Bertz CT molecular complexity index is 1100. The van der Waals surface area contributed by atoms with Crippen molar-refractivity contribution in [1.29, 1.82) is 0 Å². The fraction of sp³-hybridized carbons (Fsp3) is 0.176. The summed E-state index contributed by atoms with van der Waals surface area (Å²) in [4.78, 5) is 35.0. The predicted molar refractivity (Wildman–Crippen MR) is 103 cm³/mol. The Kier molecular flexibility index (Phi) is 5.83. The van der Waals surface area contributed by atoms with Gasteiger partial charge in [-0.15, -0.1) is 0 Å². The maximum absolute atomic E-state index is 12.3. The molecule has 0 fully saturated rings. The number of carbonyl (C=O) groups is 2. The van der Waals surface area contributed by atoms with E-state index in [0.29, 0.717) is 16.7 Å². The van der Waals surface area contributed by atoms with Gasteiger partial charge in [0.05, 0.1) is 42.6 Å². The average Bonchev–Trinajstić information content (AvgIpc) is 3.20. The van der Waals surface area contributed by atoms with E-state index in [1.165, 1.54) is 14.2 Å². The summed E-state index contributed by atoms with van der Waals surface area (Å²) in [6.45, 7) is -0.654. The van der Waals surface area contributed by atoms with Crippen molar-refractivity contribution in [3.8, 4) is 11.5 Å². The van der Waals surface area contributed by atoms with Gasteiger partial charge in [-0.25, -0.2) is 4.79 Å². The molecule has 1 N–H and O–H groups in total. The van der Waals surface area contributed by atoms with Crippen molar-refractivity contribution in [2.45, 2.75) is 0 Å². The molecule has 0 saturated heterocycles. The number of hydrogen-bond acceptors (Lipinski definition) is 10. The summed E-state index contributed by atoms with van der Waals surface area (Å²) in [6.07, 6.45) is 0. The third-order valence-electron chi connectivity index (χ3n) is 3.81. The van der Waals surface area contributed by atoms with Crippen LogP contribution in [0.5, 0.6) is 11.5 Å². The molecule has 11 nitrogen and oxygen atoms in total. The highest BCUT2D eigenvalue weighted by Crippen LogP contribution is 2.34. The summed E-state index contributed by atoms with van der Waals surface area (Å²) in [5.74, 6) is -1.50. The smallest absolute Gasteiger partial charge is 0.345 e. The van der Waals surface area contributed by atoms with Crippen molar-refractivity contribution in [3.05, 3.63) is 46.0 Å². The zero-order valence-electron chi connectivity index (χ0n) is 15.2. The van der Waals surface area contributed by atoms with Gasteiger partial charge in [0.25, 0.3) is 11.6 Å². The van der Waals surface area contributed by atoms with Gasteiger partial charge < -0.3 is 19.5 Å². The molecule has 3 rings (SSSR count). The Morgan fingerprint density at radius 3 is 2.59 bits per heavy atom. The molecule has 0 aliphatic rings. The molecule has 1 aromatic heterocycles. The number of esters is 1. The van der Waals surface area contributed by atoms with Crippen LogP contribution in [0.1, 0.15) is 10.4 Å². The predicted octanol–water partition coefficient (Wildman–Crippen LogP) is 2.41. The fourth-order valence-electron chi connectivity index (χ4n) is 2.48. The van der Waals surface area contributed by atoms with Gasteiger partial charge in [-0.1, -0.05) is 6.07 Å². The van der Waals surface area contributed by atoms with Crippen molar-refractivity contribution in [3.63, 3.8) is 0 Å². The first-order valence-corrected chi connectivity index (χ1v) is 8.76. The summed E-state index contributed by atoms with van der Waals surface area (Å²) < 4.78 is 23.1. The number of rotatable bonds is 7. The number of nitrogens with zero attached hydrogens (tertiary/aromatic N) is 3. The molecule has 150 valence electrons. The lowest BCUT2D eigenvalue weighted by Gasteiger charge is -2.10. The van der Waals surface area contributed by atoms with E-state index < -0.39 is 29.1 Å². The molecule has 29 heavy (non-hydrogen) atoms. The molecular weight excluding hydrogens is 404 g/mol. The summed E-state index contributed by atoms with van der Waals surface area (Å²) in [7, 11) is 2.63. The van der Waals surface area contributed by atoms with Crippen LogP contribution >= 0.6 is 11.7 Å². The van der Waals surface area contributed by atoms with Gasteiger partial charge in [0, 0.05) is 6.07 Å². The number of nitrogens with one attached hydrogen (secondary N) is 1. The Hall–Kier alpha value is -3.80. The van der Waals surface area contributed by atoms with Crippen molar-refractivity contribution in [2.24, 2.45) is 0 Å². The highest BCUT2D eigenvalue weighted by molar-refractivity contribution is 7.00. The molecule has 0 atom stereocenters. The second kappa shape index (κ2) is 8.48. The second-order valence-corrected chi connectivity index (χ2v) is 6.07. The van der Waals surface area contributed by atoms with E-state index in [1.807, 2.05) is 0 Å². The topological polar surface area (TPSA) is 143 Å². The summed E-state index contributed by atoms with van der Waals surface area (Å²) >= 11 is 0.998. The first-order chi connectivity index (χ1) is 13.9. The van der Waals surface area contributed by atoms with E-state index in [4.69, 9.17) is 14.2 Å². The highest BCUT2D eigenvalue weighted by Gasteiger charge is 2.26. The van der Waals surface area contributed by atoms with Crippen LogP contribution in [0, 0.1) is 10.1 Å². The maximum atomic E-state index is 12.3. The number of benzene rings is 2. The van der Waals surface area contributed by atoms with Crippen LogP contribution < -0.4 is 14.8 Å². The molecule has 12 heteroatoms. The molecule has 0 aliphatic heterocycles. The van der Waals surface area contributed by atoms with E-state index in [9.17, 15) is 19.7 Å². The van der Waals surface area contributed by atoms with Gasteiger partial charge >= 0.3 is 5.97 Å². The fourth-order valence-corrected chi connectivity index (χ4v) is 3.03. The van der Waals surface area contributed by atoms with Gasteiger partial charge in [0.2, 0.25) is 0 Å². The SMILES string of the molecule is COc1cc(C(=O)OCC(=O)Nc2cccc3nsnc23)c([N+](=O)[O-])cc1OC. The number of methoxy groups -OCH3 is 2. The van der Waals surface area contributed by atoms with E-state index in [1.54, 1.807) is 18.2 Å². The average molecular weight is 418 g/mol. The number of hydrogen-bond donors (Lipinski definition) is 1. The van der Waals surface area contributed by atoms with E-state index in [-0.39, 0.29) is 17.1 Å². The second-order valence-electron chi connectivity index (χ2n) is 5.54. The number of fused-ring (bicyclic) bond motifs is 1. The van der Waals surface area contributed by atoms with Gasteiger partial charge in [-0.2, -0.15) is 8.75 Å². The third kappa shape index (κ3) is 4.21. The van der Waals surface area contributed by atoms with Gasteiger partial charge in [0.1, 0.15) is 16.6 Å². The summed E-state index contributed by atoms with van der Waals surface area (Å²) in [5, 5.41) is 13.8. The quantitative estimate of drug-likeness (QED) is 0.347. The minimum atomic E-state index is -1.05. The number of nitro benzene ring substituents is 1. The van der Waals surface area contributed by atoms with E-state index in [0.717, 1.165) is 23.9 Å². The molecule has 2 aromatic carbocycles. The Morgan fingerprint density at radius 1 is 1.17 bits per heavy atom. The van der Waals surface area contributed by atoms with Crippen molar-refractivity contribution < 1.29 is 28.7 Å². The number of ether oxygens (including phenoxy) is 3. The molecule has 0 aliphatic carbocycles. The number of carbonyl (C=O) groups excluding carboxylic acids is 2. The Morgan fingerprint density at radius 2 is 1.90 bits per heavy atom. The van der Waals surface area contributed by atoms with Crippen LogP contribution in [-0.4, -0.2) is 46.4 Å². The van der Waals surface area contributed by atoms with E-state index >= 15 is 0 Å². The highest BCUT2D eigenvalue weighted by atomic mass is 32.1. The molecule has 1 heterocycles. The zero-order valence-corrected chi connectivity index (χ0v) is 16.0. The standard InChI is InChI=1S/C17H14N4O7S/c1-26-13-6-9(12(21(24)25)7-14(13)27-2)17(23)28-8-15(22)18-10-4-3-5-11-16(10)20-29-19-11/h3-7H,8H2,1-2H3,(H,18,22). The number of anilines is 1. The molecule has 1 amide bonds. The monoisotopic (exact) mass is 418 g/mol. The number of nitro groups is 1. The van der Waals surface area contributed by atoms with Crippen LogP contribution in [0.3, 0.4) is 0 Å². The molecule has 0 unspecified atom stereocenters. The lowest BCUT2D eigenvalue weighted by atomic mass is 10.1. The molecule has 0 radical (unpaired) electrons. The molecule has 0 saturated carbocycles. The van der Waals surface area contributed by atoms with Gasteiger partial charge in [-0.3, -0.25) is 14.9 Å². The lowest BCUT2D eigenvalue weighted by Crippen LogP contribution is -2.21. The lowest BCUT2D eigenvalue weighted by molar-refractivity contribution is -0.385. The maximum Gasteiger partial charge on any atom is 0.345 e. The molecule has 0 spiro atoms. The number of amides is 1. The summed E-state index contributed by atoms with van der Waals surface area (Å²) in [6, 6.07) is 7.23. The van der Waals surface area contributed by atoms with Crippen LogP contribution in [0.15, 0.2) is 30.3 Å². The van der Waals surface area contributed by atoms with Crippen molar-refractivity contribution in [1.82, 2.24) is 8.75 Å². The van der Waals surface area contributed by atoms with Crippen LogP contribution in [0.2, 0.25) is 0 Å². The zero-order chi connectivity index (χ0) is 21.0. The first kappa shape index (κ1) is 19.9. The molecule has 0 bridgehead atoms. The summed E-state index contributed by atoms with van der Waals surface area (Å²) in [5.41, 5.74) is 0.630. The van der Waals surface area contributed by atoms with Crippen molar-refractivity contribution >= 4 is 46.0 Å². The minimum Gasteiger partial charge on any atom is -0.493 e. The molecular formula is C17H14N4O7S. The van der Waals surface area contributed by atoms with Gasteiger partial charge in [0.15, 0.2) is 18.1 Å². The van der Waals surface area contributed by atoms with Gasteiger partial charge in [-0.05, 0) is 12.1 Å². The van der Waals surface area contributed by atoms with E-state index in [2.05, 4.69) is 14.1 Å². The van der Waals surface area contributed by atoms with Crippen molar-refractivity contribution in [2.75, 3.05) is 26.1 Å². The Labute approximate surface area is 167 Å². The van der Waals surface area contributed by atoms with Crippen LogP contribution in [-0.2, 0) is 9.53 Å².